The first-order chi connectivity index (χ1) is 5.26. The minimum atomic E-state index is 0.196. The van der Waals surface area contributed by atoms with Gasteiger partial charge in [0.2, 0.25) is 0 Å². The molecule has 2 nitrogen and oxygen atoms in total. The van der Waals surface area contributed by atoms with Gasteiger partial charge in [-0.15, -0.1) is 0 Å². The molecular weight excluding hydrogens is 140 g/mol. The molecule has 11 heavy (non-hydrogen) atoms. The third-order valence-electron chi connectivity index (χ3n) is 2.21. The fraction of sp³-hybridized carbons (Fsp3) is 0.889. The summed E-state index contributed by atoms with van der Waals surface area (Å²) in [6.45, 7) is 4.13. The Kier molecular flexibility index (Phi) is 3.06. The van der Waals surface area contributed by atoms with Crippen LogP contribution in [0.3, 0.4) is 0 Å². The lowest BCUT2D eigenvalue weighted by Crippen LogP contribution is -2.32. The topological polar surface area (TPSA) is 26.3 Å². The molecule has 64 valence electrons. The number of rotatable bonds is 2. The second-order valence-electron chi connectivity index (χ2n) is 3.14. The third kappa shape index (κ3) is 2.29. The number of hydrogen-bond donors (Lipinski definition) is 0. The summed E-state index contributed by atoms with van der Waals surface area (Å²) in [6.07, 6.45) is 3.58. The molecule has 1 saturated heterocycles. The quantitative estimate of drug-likeness (QED) is 0.610. The third-order valence-corrected chi connectivity index (χ3v) is 2.21. The number of carbonyl (C=O) groups excluding carboxylic acids is 1. The lowest BCUT2D eigenvalue weighted by atomic mass is 10.00. The van der Waals surface area contributed by atoms with E-state index in [1.807, 2.05) is 0 Å². The molecule has 0 saturated carbocycles. The van der Waals surface area contributed by atoms with Gasteiger partial charge in [0, 0.05) is 12.8 Å². The van der Waals surface area contributed by atoms with Crippen LogP contribution in [0.2, 0.25) is 0 Å². The summed E-state index contributed by atoms with van der Waals surface area (Å²) in [5.74, 6) is 0.370. The van der Waals surface area contributed by atoms with E-state index in [2.05, 4.69) is 13.8 Å². The minimum absolute atomic E-state index is 0.196. The van der Waals surface area contributed by atoms with E-state index in [9.17, 15) is 4.79 Å². The first-order valence-corrected chi connectivity index (χ1v) is 4.43. The Labute approximate surface area is 67.9 Å². The van der Waals surface area contributed by atoms with E-state index in [0.29, 0.717) is 18.6 Å². The van der Waals surface area contributed by atoms with Crippen molar-refractivity contribution in [3.8, 4) is 0 Å². The molecule has 2 heteroatoms. The van der Waals surface area contributed by atoms with Gasteiger partial charge < -0.3 is 4.74 Å². The normalized spacial score (nSPS) is 32.4. The molecule has 2 atom stereocenters. The molecule has 2 unspecified atom stereocenters. The van der Waals surface area contributed by atoms with E-state index in [0.717, 1.165) is 12.8 Å². The first kappa shape index (κ1) is 8.72. The Morgan fingerprint density at radius 1 is 1.27 bits per heavy atom. The van der Waals surface area contributed by atoms with Gasteiger partial charge in [-0.05, 0) is 12.8 Å². The summed E-state index contributed by atoms with van der Waals surface area (Å²) in [6, 6.07) is 0. The maximum atomic E-state index is 11.1. The molecular formula is C9H16O2. The van der Waals surface area contributed by atoms with Gasteiger partial charge >= 0.3 is 0 Å². The van der Waals surface area contributed by atoms with Crippen LogP contribution in [0.1, 0.15) is 39.5 Å². The fourth-order valence-corrected chi connectivity index (χ4v) is 1.44. The van der Waals surface area contributed by atoms with E-state index in [1.165, 1.54) is 0 Å². The Balaban J connectivity index is 2.43. The zero-order chi connectivity index (χ0) is 8.27. The smallest absolute Gasteiger partial charge is 0.138 e. The van der Waals surface area contributed by atoms with E-state index >= 15 is 0 Å². The lowest BCUT2D eigenvalue weighted by molar-refractivity contribution is -0.135. The largest absolute Gasteiger partial charge is 0.374 e. The molecule has 0 N–H and O–H groups in total. The Morgan fingerprint density at radius 3 is 2.09 bits per heavy atom. The number of carbonyl (C=O) groups is 1. The Hall–Kier alpha value is -0.370. The van der Waals surface area contributed by atoms with E-state index in [1.54, 1.807) is 0 Å². The molecule has 0 aromatic rings. The maximum Gasteiger partial charge on any atom is 0.138 e. The van der Waals surface area contributed by atoms with E-state index in [4.69, 9.17) is 4.74 Å². The van der Waals surface area contributed by atoms with Crippen molar-refractivity contribution in [2.45, 2.75) is 51.7 Å². The average Bonchev–Trinajstić information content (AvgIpc) is 2.03. The van der Waals surface area contributed by atoms with Gasteiger partial charge in [-0.1, -0.05) is 13.8 Å². The Morgan fingerprint density at radius 2 is 1.73 bits per heavy atom. The van der Waals surface area contributed by atoms with Gasteiger partial charge in [0.05, 0.1) is 12.2 Å². The Bertz CT molecular complexity index is 128. The standard InChI is InChI=1S/C9H16O2/c1-3-8-5-7(10)6-9(4-2)11-8/h8-9H,3-6H2,1-2H3. The predicted octanol–water partition coefficient (Wildman–Crippen LogP) is 1.92. The average molecular weight is 156 g/mol. The second-order valence-corrected chi connectivity index (χ2v) is 3.14. The van der Waals surface area contributed by atoms with Crippen LogP contribution >= 0.6 is 0 Å². The number of ether oxygens (including phenoxy) is 1. The molecule has 0 aromatic carbocycles. The predicted molar refractivity (Wildman–Crippen MR) is 43.5 cm³/mol. The molecule has 0 spiro atoms. The SMILES string of the molecule is CCC1CC(=O)CC(CC)O1. The highest BCUT2D eigenvalue weighted by Gasteiger charge is 2.25. The van der Waals surface area contributed by atoms with Crippen LogP contribution in [0, 0.1) is 0 Å². The second kappa shape index (κ2) is 3.86. The van der Waals surface area contributed by atoms with Crippen molar-refractivity contribution in [2.24, 2.45) is 0 Å². The van der Waals surface area contributed by atoms with Gasteiger partial charge in [0.25, 0.3) is 0 Å². The molecule has 1 aliphatic heterocycles. The van der Waals surface area contributed by atoms with Crippen LogP contribution in [-0.2, 0) is 9.53 Å². The van der Waals surface area contributed by atoms with E-state index < -0.39 is 0 Å². The van der Waals surface area contributed by atoms with Crippen LogP contribution in [0.15, 0.2) is 0 Å². The fourth-order valence-electron chi connectivity index (χ4n) is 1.44. The highest BCUT2D eigenvalue weighted by Crippen LogP contribution is 2.19. The van der Waals surface area contributed by atoms with Crippen molar-refractivity contribution < 1.29 is 9.53 Å². The summed E-state index contributed by atoms with van der Waals surface area (Å²) >= 11 is 0. The molecule has 0 aromatic heterocycles. The van der Waals surface area contributed by atoms with Gasteiger partial charge in [-0.3, -0.25) is 4.79 Å². The zero-order valence-electron chi connectivity index (χ0n) is 7.30. The van der Waals surface area contributed by atoms with Crippen molar-refractivity contribution >= 4 is 5.78 Å². The van der Waals surface area contributed by atoms with Crippen molar-refractivity contribution in [1.82, 2.24) is 0 Å². The van der Waals surface area contributed by atoms with Crippen molar-refractivity contribution in [3.05, 3.63) is 0 Å². The summed E-state index contributed by atoms with van der Waals surface area (Å²) in [4.78, 5) is 11.1. The molecule has 1 rings (SSSR count). The minimum Gasteiger partial charge on any atom is -0.374 e. The van der Waals surface area contributed by atoms with Crippen LogP contribution in [0.25, 0.3) is 0 Å². The van der Waals surface area contributed by atoms with Crippen LogP contribution in [-0.4, -0.2) is 18.0 Å². The number of hydrogen-bond acceptors (Lipinski definition) is 2. The molecule has 1 aliphatic rings. The molecule has 1 fully saturated rings. The van der Waals surface area contributed by atoms with E-state index in [-0.39, 0.29) is 12.2 Å². The lowest BCUT2D eigenvalue weighted by Gasteiger charge is -2.27. The molecule has 0 amide bonds. The molecule has 0 radical (unpaired) electrons. The van der Waals surface area contributed by atoms with Crippen molar-refractivity contribution in [1.29, 1.82) is 0 Å². The highest BCUT2D eigenvalue weighted by molar-refractivity contribution is 5.80. The molecule has 0 aliphatic carbocycles. The monoisotopic (exact) mass is 156 g/mol. The summed E-state index contributed by atoms with van der Waals surface area (Å²) in [5, 5.41) is 0. The summed E-state index contributed by atoms with van der Waals surface area (Å²) in [7, 11) is 0. The van der Waals surface area contributed by atoms with Gasteiger partial charge in [-0.2, -0.15) is 0 Å². The molecule has 0 bridgehead atoms. The first-order valence-electron chi connectivity index (χ1n) is 4.43. The maximum absolute atomic E-state index is 11.1. The van der Waals surface area contributed by atoms with Crippen molar-refractivity contribution in [3.63, 3.8) is 0 Å². The number of ketones is 1. The van der Waals surface area contributed by atoms with Gasteiger partial charge in [0.1, 0.15) is 5.78 Å². The molecule has 1 heterocycles. The summed E-state index contributed by atoms with van der Waals surface area (Å²) < 4.78 is 5.63. The van der Waals surface area contributed by atoms with Crippen molar-refractivity contribution in [2.75, 3.05) is 0 Å². The van der Waals surface area contributed by atoms with Crippen LogP contribution < -0.4 is 0 Å². The number of Topliss-reactive ketones (excluding diaryl/α,β-unsaturated/α-hetero) is 1. The highest BCUT2D eigenvalue weighted by atomic mass is 16.5. The zero-order valence-corrected chi connectivity index (χ0v) is 7.30. The van der Waals surface area contributed by atoms with Gasteiger partial charge in [0.15, 0.2) is 0 Å². The van der Waals surface area contributed by atoms with Crippen LogP contribution in [0.4, 0.5) is 0 Å². The summed E-state index contributed by atoms with van der Waals surface area (Å²) in [5.41, 5.74) is 0. The van der Waals surface area contributed by atoms with Crippen LogP contribution in [0.5, 0.6) is 0 Å². The van der Waals surface area contributed by atoms with Gasteiger partial charge in [-0.25, -0.2) is 0 Å².